The number of thiophene rings is 1. The largest absolute Gasteiger partial charge is 0.462 e. The third-order valence-corrected chi connectivity index (χ3v) is 6.69. The van der Waals surface area contributed by atoms with Crippen LogP contribution < -0.4 is 5.32 Å². The van der Waals surface area contributed by atoms with Gasteiger partial charge in [-0.25, -0.2) is 4.79 Å². The minimum absolute atomic E-state index is 0.101. The van der Waals surface area contributed by atoms with Crippen molar-refractivity contribution in [2.45, 2.75) is 46.5 Å². The number of nitro benzene ring substituents is 1. The number of nitro groups is 1. The zero-order valence-electron chi connectivity index (χ0n) is 19.7. The zero-order chi connectivity index (χ0) is 24.8. The van der Waals surface area contributed by atoms with Crippen molar-refractivity contribution in [3.63, 3.8) is 0 Å². The van der Waals surface area contributed by atoms with Gasteiger partial charge in [0.25, 0.3) is 11.6 Å². The first-order valence-corrected chi connectivity index (χ1v) is 12.0. The molecule has 2 aromatic carbocycles. The van der Waals surface area contributed by atoms with Gasteiger partial charge in [0.15, 0.2) is 0 Å². The van der Waals surface area contributed by atoms with Crippen LogP contribution >= 0.6 is 11.3 Å². The van der Waals surface area contributed by atoms with Crippen molar-refractivity contribution in [1.82, 2.24) is 0 Å². The Balaban J connectivity index is 1.99. The number of amides is 1. The van der Waals surface area contributed by atoms with Gasteiger partial charge in [-0.1, -0.05) is 45.0 Å². The van der Waals surface area contributed by atoms with Gasteiger partial charge in [-0.3, -0.25) is 14.9 Å². The number of rotatable bonds is 9. The van der Waals surface area contributed by atoms with E-state index in [9.17, 15) is 19.7 Å². The number of anilines is 1. The van der Waals surface area contributed by atoms with Crippen LogP contribution in [0, 0.1) is 17.0 Å². The molecule has 1 aromatic heterocycles. The predicted molar refractivity (Wildman–Crippen MR) is 135 cm³/mol. The van der Waals surface area contributed by atoms with Gasteiger partial charge in [-0.15, -0.1) is 11.3 Å². The second-order valence-corrected chi connectivity index (χ2v) is 9.29. The van der Waals surface area contributed by atoms with E-state index in [1.807, 2.05) is 26.0 Å². The van der Waals surface area contributed by atoms with Crippen LogP contribution in [0.25, 0.3) is 11.1 Å². The minimum Gasteiger partial charge on any atom is -0.462 e. The van der Waals surface area contributed by atoms with Crippen molar-refractivity contribution in [1.29, 1.82) is 0 Å². The van der Waals surface area contributed by atoms with Crippen molar-refractivity contribution in [3.8, 4) is 11.1 Å². The van der Waals surface area contributed by atoms with Gasteiger partial charge in [0.2, 0.25) is 0 Å². The Labute approximate surface area is 202 Å². The highest BCUT2D eigenvalue weighted by molar-refractivity contribution is 7.17. The van der Waals surface area contributed by atoms with Crippen LogP contribution in [0.1, 0.15) is 70.7 Å². The summed E-state index contributed by atoms with van der Waals surface area (Å²) >= 11 is 1.30. The van der Waals surface area contributed by atoms with E-state index in [1.165, 1.54) is 41.2 Å². The van der Waals surface area contributed by atoms with E-state index >= 15 is 0 Å². The Morgan fingerprint density at radius 3 is 2.29 bits per heavy atom. The Hall–Kier alpha value is -3.52. The highest BCUT2D eigenvalue weighted by Crippen LogP contribution is 2.41. The van der Waals surface area contributed by atoms with E-state index in [2.05, 4.69) is 31.3 Å². The number of esters is 1. The molecule has 0 fully saturated rings. The van der Waals surface area contributed by atoms with Gasteiger partial charge >= 0.3 is 5.97 Å². The second-order valence-electron chi connectivity index (χ2n) is 8.06. The molecule has 1 N–H and O–H groups in total. The zero-order valence-corrected chi connectivity index (χ0v) is 20.5. The van der Waals surface area contributed by atoms with Gasteiger partial charge in [-0.05, 0) is 48.9 Å². The summed E-state index contributed by atoms with van der Waals surface area (Å²) in [5.74, 6) is -0.520. The lowest BCUT2D eigenvalue weighted by molar-refractivity contribution is -0.384. The number of non-ortho nitro benzene ring substituents is 1. The fourth-order valence-corrected chi connectivity index (χ4v) is 4.63. The molecule has 0 aliphatic carbocycles. The summed E-state index contributed by atoms with van der Waals surface area (Å²) < 4.78 is 5.44. The summed E-state index contributed by atoms with van der Waals surface area (Å²) in [6.45, 7) is 8.40. The van der Waals surface area contributed by atoms with Gasteiger partial charge in [0.05, 0.1) is 11.5 Å². The maximum atomic E-state index is 13.0. The normalized spacial score (nSPS) is 11.6. The topological polar surface area (TPSA) is 98.5 Å². The fraction of sp³-hybridized carbons (Fsp3) is 0.308. The highest BCUT2D eigenvalue weighted by atomic mass is 32.1. The summed E-state index contributed by atoms with van der Waals surface area (Å²) in [4.78, 5) is 37.2. The summed E-state index contributed by atoms with van der Waals surface area (Å²) in [7, 11) is 0. The predicted octanol–water partition coefficient (Wildman–Crippen LogP) is 6.96. The highest BCUT2D eigenvalue weighted by Gasteiger charge is 2.26. The van der Waals surface area contributed by atoms with Crippen LogP contribution in [-0.4, -0.2) is 23.4 Å². The Morgan fingerprint density at radius 2 is 1.74 bits per heavy atom. The van der Waals surface area contributed by atoms with Crippen molar-refractivity contribution < 1.29 is 19.2 Å². The van der Waals surface area contributed by atoms with E-state index in [0.717, 1.165) is 22.4 Å². The maximum Gasteiger partial charge on any atom is 0.341 e. The third-order valence-electron chi connectivity index (χ3n) is 5.67. The van der Waals surface area contributed by atoms with Crippen molar-refractivity contribution >= 4 is 33.9 Å². The van der Waals surface area contributed by atoms with Crippen molar-refractivity contribution in [2.24, 2.45) is 0 Å². The molecule has 1 unspecified atom stereocenters. The van der Waals surface area contributed by atoms with Crippen LogP contribution in [0.15, 0.2) is 48.5 Å². The molecule has 0 radical (unpaired) electrons. The molecule has 0 aliphatic heterocycles. The molecule has 0 bridgehead atoms. The van der Waals surface area contributed by atoms with Crippen molar-refractivity contribution in [2.75, 3.05) is 11.9 Å². The molecule has 7 nitrogen and oxygen atoms in total. The minimum atomic E-state index is -0.523. The molecule has 1 amide bonds. The number of nitrogens with one attached hydrogen (secondary N) is 1. The molecule has 0 saturated carbocycles. The molecule has 0 aliphatic rings. The molecule has 1 atom stereocenters. The van der Waals surface area contributed by atoms with E-state index in [-0.39, 0.29) is 17.9 Å². The average Bonchev–Trinajstić information content (AvgIpc) is 3.17. The van der Waals surface area contributed by atoms with Crippen LogP contribution in [0.4, 0.5) is 10.7 Å². The standard InChI is InChI=1S/C26H28N2O5S/c1-5-15-33-26(30)23-22(19-9-7-18(8-10-19)16(3)6-2)17(4)34-25(23)27-24(29)20-11-13-21(14-12-20)28(31)32/h7-14,16H,5-6,15H2,1-4H3,(H,27,29). The fourth-order valence-electron chi connectivity index (χ4n) is 3.57. The van der Waals surface area contributed by atoms with Crippen molar-refractivity contribution in [3.05, 3.63) is 80.2 Å². The summed E-state index contributed by atoms with van der Waals surface area (Å²) in [5, 5.41) is 14.1. The van der Waals surface area contributed by atoms with Crippen LogP contribution in [0.5, 0.6) is 0 Å². The van der Waals surface area contributed by atoms with E-state index < -0.39 is 16.8 Å². The Bertz CT molecular complexity index is 1180. The summed E-state index contributed by atoms with van der Waals surface area (Å²) in [6, 6.07) is 13.4. The number of hydrogen-bond donors (Lipinski definition) is 1. The van der Waals surface area contributed by atoms with Crippen LogP contribution in [0.3, 0.4) is 0 Å². The molecular formula is C26H28N2O5S. The summed E-state index contributed by atoms with van der Waals surface area (Å²) in [5.41, 5.74) is 3.31. The summed E-state index contributed by atoms with van der Waals surface area (Å²) in [6.07, 6.45) is 1.71. The van der Waals surface area contributed by atoms with Crippen LogP contribution in [-0.2, 0) is 4.74 Å². The van der Waals surface area contributed by atoms with E-state index in [4.69, 9.17) is 4.74 Å². The lowest BCUT2D eigenvalue weighted by Gasteiger charge is -2.12. The van der Waals surface area contributed by atoms with Gasteiger partial charge < -0.3 is 10.1 Å². The monoisotopic (exact) mass is 480 g/mol. The smallest absolute Gasteiger partial charge is 0.341 e. The van der Waals surface area contributed by atoms with E-state index in [1.54, 1.807) is 0 Å². The number of aryl methyl sites for hydroxylation is 1. The van der Waals surface area contributed by atoms with Gasteiger partial charge in [-0.2, -0.15) is 0 Å². The molecular weight excluding hydrogens is 452 g/mol. The molecule has 0 spiro atoms. The second kappa shape index (κ2) is 11.1. The average molecular weight is 481 g/mol. The van der Waals surface area contributed by atoms with Gasteiger partial charge in [0.1, 0.15) is 10.6 Å². The number of nitrogens with zero attached hydrogens (tertiary/aromatic N) is 1. The lowest BCUT2D eigenvalue weighted by Crippen LogP contribution is -2.15. The molecule has 0 saturated heterocycles. The molecule has 3 rings (SSSR count). The lowest BCUT2D eigenvalue weighted by atomic mass is 9.94. The number of carbonyl (C=O) groups is 2. The Kier molecular flexibility index (Phi) is 8.17. The number of hydrogen-bond acceptors (Lipinski definition) is 6. The number of carbonyl (C=O) groups excluding carboxylic acids is 2. The van der Waals surface area contributed by atoms with Gasteiger partial charge in [0, 0.05) is 28.1 Å². The molecule has 34 heavy (non-hydrogen) atoms. The first-order valence-electron chi connectivity index (χ1n) is 11.2. The number of ether oxygens (including phenoxy) is 1. The van der Waals surface area contributed by atoms with E-state index in [0.29, 0.717) is 22.9 Å². The third kappa shape index (κ3) is 5.51. The number of benzene rings is 2. The molecule has 1 heterocycles. The molecule has 3 aromatic rings. The quantitative estimate of drug-likeness (QED) is 0.203. The van der Waals surface area contributed by atoms with Crippen LogP contribution in [0.2, 0.25) is 0 Å². The maximum absolute atomic E-state index is 13.0. The Morgan fingerprint density at radius 1 is 1.09 bits per heavy atom. The molecule has 178 valence electrons. The molecule has 8 heteroatoms. The first kappa shape index (κ1) is 25.1. The SMILES string of the molecule is CCCOC(=O)c1c(NC(=O)c2ccc([N+](=O)[O-])cc2)sc(C)c1-c1ccc(C(C)CC)cc1. The first-order chi connectivity index (χ1) is 16.3.